The average Bonchev–Trinajstić information content (AvgIpc) is 2.54. The second-order valence-electron chi connectivity index (χ2n) is 5.94. The monoisotopic (exact) mass is 362 g/mol. The molecule has 1 amide bonds. The topological polar surface area (TPSA) is 98.5 Å². The number of amides is 1. The van der Waals surface area contributed by atoms with Crippen LogP contribution >= 0.6 is 0 Å². The summed E-state index contributed by atoms with van der Waals surface area (Å²) in [5.41, 5.74) is 6.29. The molecule has 0 aliphatic heterocycles. The summed E-state index contributed by atoms with van der Waals surface area (Å²) in [5, 5.41) is 2.79. The number of sulfone groups is 1. The normalized spacial score (nSPS) is 12.4. The Balaban J connectivity index is 2.00. The molecule has 2 aromatic rings. The summed E-state index contributed by atoms with van der Waals surface area (Å²) >= 11 is 0. The van der Waals surface area contributed by atoms with Crippen molar-refractivity contribution in [2.45, 2.75) is 30.7 Å². The summed E-state index contributed by atoms with van der Waals surface area (Å²) in [4.78, 5) is 12.0. The Bertz CT molecular complexity index is 830. The zero-order valence-corrected chi connectivity index (χ0v) is 15.0. The number of nitrogens with one attached hydrogen (secondary N) is 1. The van der Waals surface area contributed by atoms with Gasteiger partial charge in [0.25, 0.3) is 0 Å². The Hall–Kier alpha value is -2.38. The third kappa shape index (κ3) is 6.21. The first-order valence-corrected chi connectivity index (χ1v) is 9.76. The maximum absolute atomic E-state index is 11.8. The maximum atomic E-state index is 11.8. The van der Waals surface area contributed by atoms with E-state index in [9.17, 15) is 13.2 Å². The van der Waals surface area contributed by atoms with Crippen molar-refractivity contribution < 1.29 is 17.9 Å². The molecule has 134 valence electrons. The van der Waals surface area contributed by atoms with Crippen LogP contribution in [0, 0.1) is 0 Å². The molecule has 6 nitrogen and oxygen atoms in total. The fourth-order valence-corrected chi connectivity index (χ4v) is 2.75. The number of rotatable bonds is 7. The van der Waals surface area contributed by atoms with Gasteiger partial charge in [-0.3, -0.25) is 4.79 Å². The van der Waals surface area contributed by atoms with Crippen molar-refractivity contribution in [1.82, 2.24) is 0 Å². The summed E-state index contributed by atoms with van der Waals surface area (Å²) in [7, 11) is -3.29. The Kier molecular flexibility index (Phi) is 6.17. The van der Waals surface area contributed by atoms with Crippen molar-refractivity contribution in [3.8, 4) is 11.5 Å². The second-order valence-corrected chi connectivity index (χ2v) is 7.95. The van der Waals surface area contributed by atoms with Gasteiger partial charge in [-0.15, -0.1) is 0 Å². The molecule has 0 radical (unpaired) electrons. The van der Waals surface area contributed by atoms with Gasteiger partial charge in [0.2, 0.25) is 5.91 Å². The number of anilines is 1. The van der Waals surface area contributed by atoms with Gasteiger partial charge in [0.15, 0.2) is 9.84 Å². The first kappa shape index (κ1) is 19.0. The van der Waals surface area contributed by atoms with Gasteiger partial charge < -0.3 is 15.8 Å². The molecular weight excluding hydrogens is 340 g/mol. The summed E-state index contributed by atoms with van der Waals surface area (Å²) in [6.07, 6.45) is 2.15. The summed E-state index contributed by atoms with van der Waals surface area (Å²) in [6, 6.07) is 13.1. The van der Waals surface area contributed by atoms with Crippen molar-refractivity contribution in [3.05, 3.63) is 48.5 Å². The van der Waals surface area contributed by atoms with Crippen LogP contribution in [0.5, 0.6) is 11.5 Å². The van der Waals surface area contributed by atoms with E-state index in [0.717, 1.165) is 6.26 Å². The predicted octanol–water partition coefficient (Wildman–Crippen LogP) is 2.95. The Morgan fingerprint density at radius 1 is 1.16 bits per heavy atom. The third-order valence-electron chi connectivity index (χ3n) is 3.43. The first-order chi connectivity index (χ1) is 11.7. The van der Waals surface area contributed by atoms with Crippen LogP contribution in [0.2, 0.25) is 0 Å². The molecule has 0 aliphatic carbocycles. The SMILES string of the molecule is CC(N)CCC(=O)Nc1ccc(Oc2cccc(S(C)(=O)=O)c2)cc1. The van der Waals surface area contributed by atoms with Gasteiger partial charge in [0.05, 0.1) is 4.90 Å². The number of hydrogen-bond donors (Lipinski definition) is 2. The van der Waals surface area contributed by atoms with Crippen molar-refractivity contribution in [2.75, 3.05) is 11.6 Å². The zero-order valence-electron chi connectivity index (χ0n) is 14.2. The lowest BCUT2D eigenvalue weighted by molar-refractivity contribution is -0.116. The Morgan fingerprint density at radius 2 is 1.84 bits per heavy atom. The maximum Gasteiger partial charge on any atom is 0.224 e. The number of carbonyl (C=O) groups is 1. The van der Waals surface area contributed by atoms with Crippen molar-refractivity contribution in [3.63, 3.8) is 0 Å². The molecule has 0 aromatic heterocycles. The van der Waals surface area contributed by atoms with Crippen LogP contribution < -0.4 is 15.8 Å². The smallest absolute Gasteiger partial charge is 0.224 e. The van der Waals surface area contributed by atoms with E-state index in [-0.39, 0.29) is 16.8 Å². The molecular formula is C18H22N2O4S. The molecule has 25 heavy (non-hydrogen) atoms. The minimum absolute atomic E-state index is 0.00998. The third-order valence-corrected chi connectivity index (χ3v) is 4.54. The second kappa shape index (κ2) is 8.13. The standard InChI is InChI=1S/C18H22N2O4S/c1-13(19)6-11-18(21)20-14-7-9-15(10-8-14)24-16-4-3-5-17(12-16)25(2,22)23/h3-5,7-10,12-13H,6,11,19H2,1-2H3,(H,20,21). The largest absolute Gasteiger partial charge is 0.457 e. The molecule has 0 fully saturated rings. The van der Waals surface area contributed by atoms with Gasteiger partial charge in [-0.25, -0.2) is 8.42 Å². The van der Waals surface area contributed by atoms with Gasteiger partial charge in [-0.05, 0) is 55.8 Å². The van der Waals surface area contributed by atoms with E-state index in [1.54, 1.807) is 36.4 Å². The van der Waals surface area contributed by atoms with E-state index < -0.39 is 9.84 Å². The number of benzene rings is 2. The molecule has 0 saturated carbocycles. The van der Waals surface area contributed by atoms with Gasteiger partial charge >= 0.3 is 0 Å². The fraction of sp³-hybridized carbons (Fsp3) is 0.278. The molecule has 0 spiro atoms. The molecule has 3 N–H and O–H groups in total. The van der Waals surface area contributed by atoms with Crippen molar-refractivity contribution >= 4 is 21.4 Å². The number of ether oxygens (including phenoxy) is 1. The zero-order chi connectivity index (χ0) is 18.4. The van der Waals surface area contributed by atoms with Gasteiger partial charge in [-0.1, -0.05) is 6.07 Å². The van der Waals surface area contributed by atoms with E-state index in [2.05, 4.69) is 5.32 Å². The number of nitrogens with two attached hydrogens (primary N) is 1. The van der Waals surface area contributed by atoms with Crippen LogP contribution in [-0.4, -0.2) is 26.6 Å². The average molecular weight is 362 g/mol. The van der Waals surface area contributed by atoms with Crippen LogP contribution in [-0.2, 0) is 14.6 Å². The lowest BCUT2D eigenvalue weighted by atomic mass is 10.2. The van der Waals surface area contributed by atoms with Crippen LogP contribution in [0.25, 0.3) is 0 Å². The lowest BCUT2D eigenvalue weighted by Crippen LogP contribution is -2.19. The molecule has 2 rings (SSSR count). The van der Waals surface area contributed by atoms with Gasteiger partial charge in [0, 0.05) is 24.4 Å². The summed E-state index contributed by atoms with van der Waals surface area (Å²) < 4.78 is 28.8. The van der Waals surface area contributed by atoms with Crippen LogP contribution in [0.4, 0.5) is 5.69 Å². The van der Waals surface area contributed by atoms with Crippen LogP contribution in [0.1, 0.15) is 19.8 Å². The Labute approximate surface area is 147 Å². The van der Waals surface area contributed by atoms with E-state index >= 15 is 0 Å². The molecule has 0 saturated heterocycles. The van der Waals surface area contributed by atoms with E-state index in [1.807, 2.05) is 6.92 Å². The van der Waals surface area contributed by atoms with Crippen molar-refractivity contribution in [2.24, 2.45) is 5.73 Å². The van der Waals surface area contributed by atoms with E-state index in [4.69, 9.17) is 10.5 Å². The first-order valence-electron chi connectivity index (χ1n) is 7.87. The molecule has 0 bridgehead atoms. The molecule has 0 heterocycles. The van der Waals surface area contributed by atoms with Crippen molar-refractivity contribution in [1.29, 1.82) is 0 Å². The summed E-state index contributed by atoms with van der Waals surface area (Å²) in [6.45, 7) is 1.86. The highest BCUT2D eigenvalue weighted by molar-refractivity contribution is 7.90. The molecule has 2 aromatic carbocycles. The molecule has 1 atom stereocenters. The fourth-order valence-electron chi connectivity index (χ4n) is 2.09. The molecule has 7 heteroatoms. The molecule has 0 aliphatic rings. The Morgan fingerprint density at radius 3 is 2.44 bits per heavy atom. The van der Waals surface area contributed by atoms with Gasteiger partial charge in [0.1, 0.15) is 11.5 Å². The summed E-state index contributed by atoms with van der Waals surface area (Å²) in [5.74, 6) is 0.877. The van der Waals surface area contributed by atoms with Crippen LogP contribution in [0.15, 0.2) is 53.4 Å². The predicted molar refractivity (Wildman–Crippen MR) is 97.6 cm³/mol. The number of hydrogen-bond acceptors (Lipinski definition) is 5. The minimum atomic E-state index is -3.29. The quantitative estimate of drug-likeness (QED) is 0.789. The van der Waals surface area contributed by atoms with E-state index in [0.29, 0.717) is 30.0 Å². The molecule has 1 unspecified atom stereocenters. The minimum Gasteiger partial charge on any atom is -0.457 e. The highest BCUT2D eigenvalue weighted by Crippen LogP contribution is 2.25. The van der Waals surface area contributed by atoms with Crippen LogP contribution in [0.3, 0.4) is 0 Å². The van der Waals surface area contributed by atoms with E-state index in [1.165, 1.54) is 12.1 Å². The lowest BCUT2D eigenvalue weighted by Gasteiger charge is -2.09. The highest BCUT2D eigenvalue weighted by atomic mass is 32.2. The number of carbonyl (C=O) groups excluding carboxylic acids is 1. The van der Waals surface area contributed by atoms with Gasteiger partial charge in [-0.2, -0.15) is 0 Å². The highest BCUT2D eigenvalue weighted by Gasteiger charge is 2.09.